The van der Waals surface area contributed by atoms with E-state index in [0.717, 1.165) is 5.69 Å². The van der Waals surface area contributed by atoms with Gasteiger partial charge in [0.1, 0.15) is 0 Å². The average molecular weight is 287 g/mol. The highest BCUT2D eigenvalue weighted by atomic mass is 16.4. The topological polar surface area (TPSA) is 70.8 Å². The van der Waals surface area contributed by atoms with Gasteiger partial charge in [-0.25, -0.2) is 4.79 Å². The number of carbonyl (C=O) groups is 2. The van der Waals surface area contributed by atoms with E-state index in [9.17, 15) is 9.59 Å². The molecule has 1 N–H and O–H groups in total. The second-order valence-corrected chi connectivity index (χ2v) is 5.08. The van der Waals surface area contributed by atoms with Crippen LogP contribution in [-0.2, 0) is 0 Å². The minimum Gasteiger partial charge on any atom is -0.475 e. The molecule has 0 saturated heterocycles. The molecule has 21 heavy (non-hydrogen) atoms. The number of nitrogens with zero attached hydrogens (tertiary/aromatic N) is 1. The van der Waals surface area contributed by atoms with E-state index in [-0.39, 0.29) is 17.4 Å². The van der Waals surface area contributed by atoms with Crippen LogP contribution in [0.4, 0.5) is 5.69 Å². The summed E-state index contributed by atoms with van der Waals surface area (Å²) >= 11 is 0. The van der Waals surface area contributed by atoms with Crippen LogP contribution in [0.1, 0.15) is 46.4 Å². The Morgan fingerprint density at radius 1 is 1.05 bits per heavy atom. The van der Waals surface area contributed by atoms with Crippen molar-refractivity contribution in [2.24, 2.45) is 0 Å². The van der Waals surface area contributed by atoms with Crippen LogP contribution in [0, 0.1) is 0 Å². The van der Waals surface area contributed by atoms with Gasteiger partial charge < -0.3 is 14.4 Å². The molecule has 1 aromatic carbocycles. The lowest BCUT2D eigenvalue weighted by atomic mass is 10.0. The molecule has 0 atom stereocenters. The first kappa shape index (κ1) is 14.8. The molecule has 0 aliphatic rings. The molecule has 1 amide bonds. The van der Waals surface area contributed by atoms with Gasteiger partial charge in [0.25, 0.3) is 5.91 Å². The molecule has 0 saturated carbocycles. The maximum absolute atomic E-state index is 12.2. The summed E-state index contributed by atoms with van der Waals surface area (Å²) in [6.45, 7) is 4.19. The minimum atomic E-state index is -1.20. The normalized spacial score (nSPS) is 10.7. The van der Waals surface area contributed by atoms with Crippen LogP contribution < -0.4 is 4.90 Å². The van der Waals surface area contributed by atoms with Gasteiger partial charge in [-0.05, 0) is 35.7 Å². The lowest BCUT2D eigenvalue weighted by Gasteiger charge is -2.17. The van der Waals surface area contributed by atoms with Crippen molar-refractivity contribution in [2.75, 3.05) is 11.9 Å². The molecule has 0 spiro atoms. The molecule has 2 rings (SSSR count). The van der Waals surface area contributed by atoms with E-state index in [1.54, 1.807) is 7.05 Å². The van der Waals surface area contributed by atoms with Crippen molar-refractivity contribution in [1.82, 2.24) is 0 Å². The van der Waals surface area contributed by atoms with Crippen LogP contribution in [-0.4, -0.2) is 24.0 Å². The van der Waals surface area contributed by atoms with Crippen molar-refractivity contribution < 1.29 is 19.1 Å². The number of carboxylic acids is 1. The van der Waals surface area contributed by atoms with Gasteiger partial charge >= 0.3 is 5.97 Å². The lowest BCUT2D eigenvalue weighted by molar-refractivity contribution is 0.0660. The zero-order chi connectivity index (χ0) is 15.6. The summed E-state index contributed by atoms with van der Waals surface area (Å²) in [5.41, 5.74) is 1.91. The van der Waals surface area contributed by atoms with E-state index in [1.807, 2.05) is 24.3 Å². The van der Waals surface area contributed by atoms with Gasteiger partial charge in [0.15, 0.2) is 5.76 Å². The zero-order valence-electron chi connectivity index (χ0n) is 12.2. The first-order valence-electron chi connectivity index (χ1n) is 6.61. The Balaban J connectivity index is 2.19. The summed E-state index contributed by atoms with van der Waals surface area (Å²) in [5.74, 6) is -1.41. The van der Waals surface area contributed by atoms with Crippen molar-refractivity contribution >= 4 is 17.6 Å². The van der Waals surface area contributed by atoms with Gasteiger partial charge in [-0.2, -0.15) is 0 Å². The Kier molecular flexibility index (Phi) is 4.12. The average Bonchev–Trinajstić information content (AvgIpc) is 2.96. The van der Waals surface area contributed by atoms with E-state index in [2.05, 4.69) is 13.8 Å². The van der Waals surface area contributed by atoms with E-state index < -0.39 is 5.97 Å². The molecule has 0 radical (unpaired) electrons. The Labute approximate surface area is 122 Å². The predicted molar refractivity (Wildman–Crippen MR) is 78.9 cm³/mol. The summed E-state index contributed by atoms with van der Waals surface area (Å²) in [6.07, 6.45) is 0. The summed E-state index contributed by atoms with van der Waals surface area (Å²) < 4.78 is 5.02. The van der Waals surface area contributed by atoms with Crippen molar-refractivity contribution in [3.8, 4) is 0 Å². The number of carboxylic acid groups (broad SMARTS) is 1. The first-order chi connectivity index (χ1) is 9.90. The fourth-order valence-electron chi connectivity index (χ4n) is 1.93. The van der Waals surface area contributed by atoms with Gasteiger partial charge in [-0.3, -0.25) is 4.79 Å². The SMILES string of the molecule is CC(C)c1ccc(N(C)C(=O)c2ccc(C(=O)O)o2)cc1. The number of amides is 1. The maximum atomic E-state index is 12.2. The van der Waals surface area contributed by atoms with E-state index in [0.29, 0.717) is 5.92 Å². The number of furan rings is 1. The molecule has 0 fully saturated rings. The van der Waals surface area contributed by atoms with Gasteiger partial charge in [-0.15, -0.1) is 0 Å². The first-order valence-corrected chi connectivity index (χ1v) is 6.61. The molecule has 1 heterocycles. The van der Waals surface area contributed by atoms with Crippen molar-refractivity contribution in [3.63, 3.8) is 0 Å². The molecular weight excluding hydrogens is 270 g/mol. The number of carbonyl (C=O) groups excluding carboxylic acids is 1. The summed E-state index contributed by atoms with van der Waals surface area (Å²) in [4.78, 5) is 24.4. The second-order valence-electron chi connectivity index (χ2n) is 5.08. The molecule has 0 bridgehead atoms. The molecule has 110 valence electrons. The predicted octanol–water partition coefficient (Wildman–Crippen LogP) is 3.38. The Morgan fingerprint density at radius 2 is 1.62 bits per heavy atom. The summed E-state index contributed by atoms with van der Waals surface area (Å²) in [5, 5.41) is 8.80. The molecule has 2 aromatic rings. The maximum Gasteiger partial charge on any atom is 0.371 e. The van der Waals surface area contributed by atoms with E-state index in [1.165, 1.54) is 22.6 Å². The fourth-order valence-corrected chi connectivity index (χ4v) is 1.93. The zero-order valence-corrected chi connectivity index (χ0v) is 12.2. The quantitative estimate of drug-likeness (QED) is 0.935. The van der Waals surface area contributed by atoms with Gasteiger partial charge in [0.2, 0.25) is 5.76 Å². The molecule has 5 heteroatoms. The molecule has 5 nitrogen and oxygen atoms in total. The molecule has 0 aliphatic heterocycles. The third kappa shape index (κ3) is 3.13. The molecule has 1 aromatic heterocycles. The third-order valence-corrected chi connectivity index (χ3v) is 3.28. The monoisotopic (exact) mass is 287 g/mol. The smallest absolute Gasteiger partial charge is 0.371 e. The summed E-state index contributed by atoms with van der Waals surface area (Å²) in [7, 11) is 1.62. The lowest BCUT2D eigenvalue weighted by Crippen LogP contribution is -2.25. The Morgan fingerprint density at radius 3 is 2.10 bits per heavy atom. The molecule has 0 aliphatic carbocycles. The van der Waals surface area contributed by atoms with Crippen molar-refractivity contribution in [1.29, 1.82) is 0 Å². The largest absolute Gasteiger partial charge is 0.475 e. The molecule has 0 unspecified atom stereocenters. The molecular formula is C16H17NO4. The van der Waals surface area contributed by atoms with Crippen LogP contribution in [0.2, 0.25) is 0 Å². The second kappa shape index (κ2) is 5.83. The Bertz CT molecular complexity index is 655. The highest BCUT2D eigenvalue weighted by Crippen LogP contribution is 2.21. The Hall–Kier alpha value is -2.56. The van der Waals surface area contributed by atoms with Crippen molar-refractivity contribution in [3.05, 3.63) is 53.5 Å². The number of anilines is 1. The fraction of sp³-hybridized carbons (Fsp3) is 0.250. The highest BCUT2D eigenvalue weighted by molar-refractivity contribution is 6.04. The minimum absolute atomic E-state index is 0.00263. The summed E-state index contributed by atoms with van der Waals surface area (Å²) in [6, 6.07) is 10.3. The van der Waals surface area contributed by atoms with Gasteiger partial charge in [-0.1, -0.05) is 26.0 Å². The van der Waals surface area contributed by atoms with Crippen molar-refractivity contribution in [2.45, 2.75) is 19.8 Å². The van der Waals surface area contributed by atoms with Gasteiger partial charge in [0, 0.05) is 12.7 Å². The standard InChI is InChI=1S/C16H17NO4/c1-10(2)11-4-6-12(7-5-11)17(3)15(18)13-8-9-14(21-13)16(19)20/h4-10H,1-3H3,(H,19,20). The number of aromatic carboxylic acids is 1. The highest BCUT2D eigenvalue weighted by Gasteiger charge is 2.19. The number of benzene rings is 1. The number of hydrogen-bond acceptors (Lipinski definition) is 3. The van der Waals surface area contributed by atoms with Crippen LogP contribution in [0.15, 0.2) is 40.8 Å². The van der Waals surface area contributed by atoms with E-state index >= 15 is 0 Å². The van der Waals surface area contributed by atoms with Crippen LogP contribution in [0.3, 0.4) is 0 Å². The third-order valence-electron chi connectivity index (χ3n) is 3.28. The van der Waals surface area contributed by atoms with Crippen LogP contribution in [0.5, 0.6) is 0 Å². The van der Waals surface area contributed by atoms with Crippen LogP contribution >= 0.6 is 0 Å². The number of rotatable bonds is 4. The number of hydrogen-bond donors (Lipinski definition) is 1. The van der Waals surface area contributed by atoms with Crippen LogP contribution in [0.25, 0.3) is 0 Å². The van der Waals surface area contributed by atoms with Gasteiger partial charge in [0.05, 0.1) is 0 Å². The van der Waals surface area contributed by atoms with E-state index in [4.69, 9.17) is 9.52 Å².